The fraction of sp³-hybridized carbons (Fsp3) is 1.00. The van der Waals surface area contributed by atoms with E-state index in [-0.39, 0.29) is 11.8 Å². The van der Waals surface area contributed by atoms with Gasteiger partial charge in [0, 0.05) is 0 Å². The van der Waals surface area contributed by atoms with E-state index >= 15 is 0 Å². The molecule has 1 saturated carbocycles. The van der Waals surface area contributed by atoms with Gasteiger partial charge in [-0.1, -0.05) is 86.5 Å². The zero-order valence-corrected chi connectivity index (χ0v) is 17.8. The second kappa shape index (κ2) is 10.4. The topological polar surface area (TPSA) is 0 Å². The van der Waals surface area contributed by atoms with Gasteiger partial charge in [0.05, 0.1) is 10.8 Å². The molecular formula is C21H38F6. The first-order chi connectivity index (χ1) is 12.2. The van der Waals surface area contributed by atoms with Crippen molar-refractivity contribution in [1.82, 2.24) is 0 Å². The minimum Gasteiger partial charge on any atom is -0.171 e. The summed E-state index contributed by atoms with van der Waals surface area (Å²) in [5, 5.41) is 0. The van der Waals surface area contributed by atoms with Crippen LogP contribution < -0.4 is 0 Å². The van der Waals surface area contributed by atoms with Crippen LogP contribution in [0.4, 0.5) is 26.3 Å². The summed E-state index contributed by atoms with van der Waals surface area (Å²) in [5.74, 6) is -0.533. The molecule has 1 rings (SSSR count). The number of halogens is 6. The maximum atomic E-state index is 13.4. The largest absolute Gasteiger partial charge is 0.394 e. The van der Waals surface area contributed by atoms with Crippen LogP contribution in [0.3, 0.4) is 0 Å². The molecular weight excluding hydrogens is 366 g/mol. The summed E-state index contributed by atoms with van der Waals surface area (Å²) in [5.41, 5.74) is -2.91. The van der Waals surface area contributed by atoms with Crippen molar-refractivity contribution in [2.75, 3.05) is 0 Å². The first-order valence-electron chi connectivity index (χ1n) is 10.4. The molecule has 0 radical (unpaired) electrons. The van der Waals surface area contributed by atoms with Crippen LogP contribution in [0.1, 0.15) is 99.3 Å². The van der Waals surface area contributed by atoms with Crippen molar-refractivity contribution in [2.24, 2.45) is 22.7 Å². The first-order valence-corrected chi connectivity index (χ1v) is 10.4. The van der Waals surface area contributed by atoms with Crippen LogP contribution in [0.15, 0.2) is 0 Å². The Kier molecular flexibility index (Phi) is 10.2. The van der Waals surface area contributed by atoms with Crippen molar-refractivity contribution in [2.45, 2.75) is 112 Å². The van der Waals surface area contributed by atoms with Gasteiger partial charge >= 0.3 is 12.4 Å². The number of hydrogen-bond donors (Lipinski definition) is 0. The molecule has 1 aliphatic carbocycles. The lowest BCUT2D eigenvalue weighted by Gasteiger charge is -2.44. The number of alkyl halides is 6. The van der Waals surface area contributed by atoms with Crippen LogP contribution in [0.2, 0.25) is 0 Å². The molecule has 0 aromatic carbocycles. The van der Waals surface area contributed by atoms with E-state index in [2.05, 4.69) is 0 Å². The molecule has 0 spiro atoms. The lowest BCUT2D eigenvalue weighted by molar-refractivity contribution is -0.258. The minimum absolute atomic E-state index is 0.266. The maximum Gasteiger partial charge on any atom is 0.394 e. The zero-order valence-electron chi connectivity index (χ0n) is 17.8. The molecule has 0 saturated heterocycles. The van der Waals surface area contributed by atoms with Crippen molar-refractivity contribution < 1.29 is 26.3 Å². The van der Waals surface area contributed by atoms with Crippen molar-refractivity contribution in [1.29, 1.82) is 0 Å². The van der Waals surface area contributed by atoms with Gasteiger partial charge in [-0.3, -0.25) is 0 Å². The molecule has 0 aromatic heterocycles. The molecule has 0 heterocycles. The van der Waals surface area contributed by atoms with Crippen molar-refractivity contribution in [3.63, 3.8) is 0 Å². The van der Waals surface area contributed by atoms with E-state index in [1.165, 1.54) is 13.8 Å². The van der Waals surface area contributed by atoms with Crippen LogP contribution in [-0.2, 0) is 0 Å². The van der Waals surface area contributed by atoms with Gasteiger partial charge in [-0.2, -0.15) is 26.3 Å². The van der Waals surface area contributed by atoms with Crippen molar-refractivity contribution in [3.8, 4) is 0 Å². The summed E-state index contributed by atoms with van der Waals surface area (Å²) in [6.07, 6.45) is -2.63. The Labute approximate surface area is 161 Å². The molecule has 0 atom stereocenters. The standard InChI is InChI=1S/C13H25F3.C8H13F3/c1-6-10(7-2)12(5,13(14,15)16)11(8-3)9-4;1-7(8(9,10)11)5-3-2-4-6-7/h10-11H,6-9H2,1-5H3;2-6H2,1H3. The van der Waals surface area contributed by atoms with Crippen LogP contribution in [0, 0.1) is 22.7 Å². The van der Waals surface area contributed by atoms with E-state index in [0.717, 1.165) is 19.3 Å². The summed E-state index contributed by atoms with van der Waals surface area (Å²) < 4.78 is 77.0. The lowest BCUT2D eigenvalue weighted by Crippen LogP contribution is -2.47. The summed E-state index contributed by atoms with van der Waals surface area (Å²) in [7, 11) is 0. The van der Waals surface area contributed by atoms with Crippen LogP contribution in [0.5, 0.6) is 0 Å². The lowest BCUT2D eigenvalue weighted by atomic mass is 9.63. The fourth-order valence-electron chi connectivity index (χ4n) is 4.69. The van der Waals surface area contributed by atoms with Gasteiger partial charge in [-0.15, -0.1) is 0 Å². The van der Waals surface area contributed by atoms with E-state index in [9.17, 15) is 26.3 Å². The van der Waals surface area contributed by atoms with Crippen LogP contribution in [0.25, 0.3) is 0 Å². The summed E-state index contributed by atoms with van der Waals surface area (Å²) in [6, 6.07) is 0. The Morgan fingerprint density at radius 1 is 0.704 bits per heavy atom. The molecule has 164 valence electrons. The maximum absolute atomic E-state index is 13.4. The van der Waals surface area contributed by atoms with Gasteiger partial charge < -0.3 is 0 Å². The molecule has 1 aliphatic rings. The molecule has 0 N–H and O–H groups in total. The summed E-state index contributed by atoms with van der Waals surface area (Å²) >= 11 is 0. The highest BCUT2D eigenvalue weighted by Gasteiger charge is 2.57. The highest BCUT2D eigenvalue weighted by Crippen LogP contribution is 2.53. The predicted molar refractivity (Wildman–Crippen MR) is 99.6 cm³/mol. The highest BCUT2D eigenvalue weighted by atomic mass is 19.4. The highest BCUT2D eigenvalue weighted by molar-refractivity contribution is 4.92. The van der Waals surface area contributed by atoms with Crippen molar-refractivity contribution in [3.05, 3.63) is 0 Å². The van der Waals surface area contributed by atoms with E-state index in [0.29, 0.717) is 38.5 Å². The number of hydrogen-bond acceptors (Lipinski definition) is 0. The van der Waals surface area contributed by atoms with Gasteiger partial charge in [0.15, 0.2) is 0 Å². The Morgan fingerprint density at radius 3 is 1.22 bits per heavy atom. The molecule has 0 bridgehead atoms. The average Bonchev–Trinajstić information content (AvgIpc) is 2.56. The normalized spacial score (nSPS) is 18.4. The van der Waals surface area contributed by atoms with Crippen LogP contribution >= 0.6 is 0 Å². The molecule has 0 aromatic rings. The SMILES string of the molecule is CC1(C(F)(F)F)CCCCC1.CCC(CC)C(C)(C(CC)CC)C(F)(F)F. The Morgan fingerprint density at radius 2 is 1.04 bits per heavy atom. The zero-order chi connectivity index (χ0) is 21.5. The first kappa shape index (κ1) is 26.6. The summed E-state index contributed by atoms with van der Waals surface area (Å²) in [4.78, 5) is 0. The van der Waals surface area contributed by atoms with Gasteiger partial charge in [-0.25, -0.2) is 0 Å². The average molecular weight is 405 g/mol. The Bertz CT molecular complexity index is 384. The second-order valence-corrected chi connectivity index (χ2v) is 8.43. The number of rotatable bonds is 6. The van der Waals surface area contributed by atoms with E-state index in [1.54, 1.807) is 0 Å². The van der Waals surface area contributed by atoms with E-state index in [1.807, 2.05) is 27.7 Å². The fourth-order valence-corrected chi connectivity index (χ4v) is 4.69. The molecule has 0 amide bonds. The molecule has 27 heavy (non-hydrogen) atoms. The van der Waals surface area contributed by atoms with E-state index < -0.39 is 23.2 Å². The molecule has 0 nitrogen and oxygen atoms in total. The summed E-state index contributed by atoms with van der Waals surface area (Å²) in [6.45, 7) is 10.2. The Balaban J connectivity index is 0.000000533. The quantitative estimate of drug-likeness (QED) is 0.388. The van der Waals surface area contributed by atoms with E-state index in [4.69, 9.17) is 0 Å². The molecule has 0 aliphatic heterocycles. The third-order valence-electron chi connectivity index (χ3n) is 6.92. The Hall–Kier alpha value is -0.420. The van der Waals surface area contributed by atoms with Gasteiger partial charge in [0.25, 0.3) is 0 Å². The minimum atomic E-state index is -4.10. The third kappa shape index (κ3) is 6.28. The van der Waals surface area contributed by atoms with Crippen LogP contribution in [-0.4, -0.2) is 12.4 Å². The molecule has 0 unspecified atom stereocenters. The monoisotopic (exact) mass is 404 g/mol. The van der Waals surface area contributed by atoms with Crippen molar-refractivity contribution >= 4 is 0 Å². The second-order valence-electron chi connectivity index (χ2n) is 8.43. The third-order valence-corrected chi connectivity index (χ3v) is 6.92. The van der Waals surface area contributed by atoms with Gasteiger partial charge in [0.2, 0.25) is 0 Å². The molecule has 6 heteroatoms. The molecule has 1 fully saturated rings. The smallest absolute Gasteiger partial charge is 0.171 e. The van der Waals surface area contributed by atoms with Gasteiger partial charge in [0.1, 0.15) is 0 Å². The van der Waals surface area contributed by atoms with Gasteiger partial charge in [-0.05, 0) is 24.7 Å². The predicted octanol–water partition coefficient (Wildman–Crippen LogP) is 8.95.